The van der Waals surface area contributed by atoms with Crippen molar-refractivity contribution in [3.8, 4) is 0 Å². The maximum atomic E-state index is 10.6. The molecule has 0 unspecified atom stereocenters. The summed E-state index contributed by atoms with van der Waals surface area (Å²) in [6, 6.07) is 5.41. The fourth-order valence-electron chi connectivity index (χ4n) is 0.852. The van der Waals surface area contributed by atoms with Crippen molar-refractivity contribution in [3.63, 3.8) is 0 Å². The fourth-order valence-corrected chi connectivity index (χ4v) is 0.852. The number of aromatic amines is 1. The molecule has 2 aromatic heterocycles. The predicted octanol–water partition coefficient (Wildman–Crippen LogP) is 4.13. The Morgan fingerprint density at radius 1 is 0.944 bits per heavy atom. The van der Waals surface area contributed by atoms with E-state index in [4.69, 9.17) is 0 Å². The second kappa shape index (κ2) is 17.8. The quantitative estimate of drug-likeness (QED) is 0.769. The molecule has 0 bridgehead atoms. The number of nitrogens with zero attached hydrogens (tertiary/aromatic N) is 2. The summed E-state index contributed by atoms with van der Waals surface area (Å²) in [6.07, 6.45) is 1.74. The fraction of sp³-hybridized carbons (Fsp3) is 0.571. The first-order valence-electron chi connectivity index (χ1n) is 6.90. The van der Waals surface area contributed by atoms with Gasteiger partial charge < -0.3 is 0 Å². The molecule has 18 heavy (non-hydrogen) atoms. The molecule has 0 aliphatic rings. The average Bonchev–Trinajstić information content (AvgIpc) is 2.87. The second-order valence-corrected chi connectivity index (χ2v) is 1.96. The molecule has 2 heterocycles. The topological polar surface area (TPSA) is 50.2 Å². The zero-order valence-electron chi connectivity index (χ0n) is 13.1. The van der Waals surface area contributed by atoms with Crippen LogP contribution in [0.4, 0.5) is 0 Å². The zero-order chi connectivity index (χ0) is 15.0. The summed E-state index contributed by atoms with van der Waals surface area (Å²) in [5.74, 6) is 0. The highest BCUT2D eigenvalue weighted by molar-refractivity contribution is 5.34. The molecule has 106 valence electrons. The van der Waals surface area contributed by atoms with E-state index in [0.717, 1.165) is 0 Å². The number of aromatic nitrogens is 3. The van der Waals surface area contributed by atoms with Crippen LogP contribution in [0.5, 0.6) is 0 Å². The standard InChI is InChI=1S/C6H5N3O.4C2H6/c10-6-7-5-3-1-2-4-9(5)8-6;4*1-2/h1-4H,(H,8,10);4*1-2H3. The van der Waals surface area contributed by atoms with Crippen LogP contribution in [0.1, 0.15) is 55.4 Å². The van der Waals surface area contributed by atoms with E-state index in [1.807, 2.05) is 67.5 Å². The van der Waals surface area contributed by atoms with Crippen molar-refractivity contribution >= 4 is 5.65 Å². The van der Waals surface area contributed by atoms with Gasteiger partial charge in [-0.05, 0) is 12.1 Å². The highest BCUT2D eigenvalue weighted by Crippen LogP contribution is 1.91. The van der Waals surface area contributed by atoms with Crippen molar-refractivity contribution in [1.29, 1.82) is 0 Å². The highest BCUT2D eigenvalue weighted by atomic mass is 16.1. The third-order valence-electron chi connectivity index (χ3n) is 1.27. The van der Waals surface area contributed by atoms with Gasteiger partial charge in [-0.3, -0.25) is 0 Å². The Morgan fingerprint density at radius 2 is 1.44 bits per heavy atom. The lowest BCUT2D eigenvalue weighted by Gasteiger charge is -1.85. The molecule has 0 spiro atoms. The van der Waals surface area contributed by atoms with E-state index < -0.39 is 0 Å². The van der Waals surface area contributed by atoms with Crippen molar-refractivity contribution in [1.82, 2.24) is 14.6 Å². The Bertz CT molecular complexity index is 368. The summed E-state index contributed by atoms with van der Waals surface area (Å²) < 4.78 is 1.57. The number of nitrogens with one attached hydrogen (secondary N) is 1. The molecule has 0 aromatic carbocycles. The van der Waals surface area contributed by atoms with Gasteiger partial charge in [0.1, 0.15) is 0 Å². The first kappa shape index (κ1) is 21.7. The molecule has 2 rings (SSSR count). The number of fused-ring (bicyclic) bond motifs is 1. The third kappa shape index (κ3) is 8.56. The largest absolute Gasteiger partial charge is 0.362 e. The van der Waals surface area contributed by atoms with E-state index in [1.54, 1.807) is 16.8 Å². The van der Waals surface area contributed by atoms with Gasteiger partial charge >= 0.3 is 5.69 Å². The van der Waals surface area contributed by atoms with Crippen LogP contribution in [-0.2, 0) is 0 Å². The lowest BCUT2D eigenvalue weighted by Crippen LogP contribution is -2.01. The van der Waals surface area contributed by atoms with Crippen LogP contribution in [0, 0.1) is 0 Å². The molecule has 2 aromatic rings. The van der Waals surface area contributed by atoms with Crippen LogP contribution in [0.15, 0.2) is 29.2 Å². The van der Waals surface area contributed by atoms with E-state index in [9.17, 15) is 4.79 Å². The minimum Gasteiger partial charge on any atom is -0.244 e. The molecule has 0 amide bonds. The average molecular weight is 255 g/mol. The highest BCUT2D eigenvalue weighted by Gasteiger charge is 1.91. The van der Waals surface area contributed by atoms with Crippen molar-refractivity contribution in [3.05, 3.63) is 34.9 Å². The molecular weight excluding hydrogens is 226 g/mol. The monoisotopic (exact) mass is 255 g/mol. The molecule has 4 heteroatoms. The van der Waals surface area contributed by atoms with Gasteiger partial charge in [0, 0.05) is 6.20 Å². The van der Waals surface area contributed by atoms with Crippen LogP contribution >= 0.6 is 0 Å². The number of H-pyrrole nitrogens is 1. The summed E-state index contributed by atoms with van der Waals surface area (Å²) in [7, 11) is 0. The summed E-state index contributed by atoms with van der Waals surface area (Å²) >= 11 is 0. The van der Waals surface area contributed by atoms with E-state index in [2.05, 4.69) is 10.1 Å². The Morgan fingerprint density at radius 3 is 1.89 bits per heavy atom. The van der Waals surface area contributed by atoms with Gasteiger partial charge in [-0.25, -0.2) is 14.4 Å². The molecular formula is C14H29N3O. The molecule has 0 aliphatic carbocycles. The van der Waals surface area contributed by atoms with Crippen molar-refractivity contribution in [2.24, 2.45) is 0 Å². The summed E-state index contributed by atoms with van der Waals surface area (Å²) in [6.45, 7) is 16.0. The van der Waals surface area contributed by atoms with Gasteiger partial charge in [-0.2, -0.15) is 4.98 Å². The first-order chi connectivity index (χ1) is 8.86. The van der Waals surface area contributed by atoms with E-state index >= 15 is 0 Å². The third-order valence-corrected chi connectivity index (χ3v) is 1.27. The van der Waals surface area contributed by atoms with Gasteiger partial charge in [0.05, 0.1) is 0 Å². The van der Waals surface area contributed by atoms with Gasteiger partial charge in [-0.1, -0.05) is 61.5 Å². The van der Waals surface area contributed by atoms with E-state index in [1.165, 1.54) is 0 Å². The Hall–Kier alpha value is -1.58. The number of pyridine rings is 1. The van der Waals surface area contributed by atoms with Gasteiger partial charge in [0.25, 0.3) is 0 Å². The Balaban J connectivity index is -0.000000244. The first-order valence-corrected chi connectivity index (χ1v) is 6.90. The molecule has 0 radical (unpaired) electrons. The lowest BCUT2D eigenvalue weighted by atomic mass is 10.5. The van der Waals surface area contributed by atoms with Gasteiger partial charge in [0.15, 0.2) is 5.65 Å². The molecule has 0 aliphatic heterocycles. The SMILES string of the molecule is CC.CC.CC.CC.O=c1nc2ccccn2[nH]1. The normalized spacial score (nSPS) is 7.11. The number of rotatable bonds is 0. The molecule has 0 atom stereocenters. The van der Waals surface area contributed by atoms with Crippen molar-refractivity contribution in [2.45, 2.75) is 55.4 Å². The van der Waals surface area contributed by atoms with Crippen LogP contribution in [-0.4, -0.2) is 14.6 Å². The maximum Gasteiger partial charge on any atom is 0.362 e. The predicted molar refractivity (Wildman–Crippen MR) is 81.2 cm³/mol. The molecule has 0 fully saturated rings. The summed E-state index contributed by atoms with van der Waals surface area (Å²) in [5.41, 5.74) is 0.332. The van der Waals surface area contributed by atoms with Crippen LogP contribution in [0.3, 0.4) is 0 Å². The smallest absolute Gasteiger partial charge is 0.244 e. The summed E-state index contributed by atoms with van der Waals surface area (Å²) in [5, 5.41) is 2.51. The van der Waals surface area contributed by atoms with E-state index in [0.29, 0.717) is 5.65 Å². The van der Waals surface area contributed by atoms with Gasteiger partial charge in [0.2, 0.25) is 0 Å². The van der Waals surface area contributed by atoms with E-state index in [-0.39, 0.29) is 5.69 Å². The minimum atomic E-state index is -0.314. The van der Waals surface area contributed by atoms with Crippen molar-refractivity contribution in [2.75, 3.05) is 0 Å². The van der Waals surface area contributed by atoms with Crippen LogP contribution < -0.4 is 5.69 Å². The van der Waals surface area contributed by atoms with Crippen LogP contribution in [0.25, 0.3) is 5.65 Å². The number of hydrogen-bond acceptors (Lipinski definition) is 2. The second-order valence-electron chi connectivity index (χ2n) is 1.96. The summed E-state index contributed by atoms with van der Waals surface area (Å²) in [4.78, 5) is 14.3. The molecule has 4 nitrogen and oxygen atoms in total. The maximum absolute atomic E-state index is 10.6. The Kier molecular flexibility index (Phi) is 21.4. The Labute approximate surface area is 111 Å². The van der Waals surface area contributed by atoms with Gasteiger partial charge in [-0.15, -0.1) is 0 Å². The van der Waals surface area contributed by atoms with Crippen molar-refractivity contribution < 1.29 is 0 Å². The molecule has 1 N–H and O–H groups in total. The lowest BCUT2D eigenvalue weighted by molar-refractivity contribution is 0.935. The molecule has 0 saturated heterocycles. The number of hydrogen-bond donors (Lipinski definition) is 1. The zero-order valence-corrected chi connectivity index (χ0v) is 13.1. The minimum absolute atomic E-state index is 0.314. The molecule has 0 saturated carbocycles. The van der Waals surface area contributed by atoms with Crippen LogP contribution in [0.2, 0.25) is 0 Å².